The van der Waals surface area contributed by atoms with Crippen molar-refractivity contribution in [3.63, 3.8) is 0 Å². The van der Waals surface area contributed by atoms with Crippen LogP contribution >= 0.6 is 0 Å². The minimum absolute atomic E-state index is 0.284. The highest BCUT2D eigenvalue weighted by Crippen LogP contribution is 2.55. The number of nitriles is 1. The monoisotopic (exact) mass is 331 g/mol. The van der Waals surface area contributed by atoms with E-state index in [0.29, 0.717) is 17.8 Å². The Bertz CT molecular complexity index is 441. The van der Waals surface area contributed by atoms with Gasteiger partial charge in [0, 0.05) is 6.42 Å². The number of rotatable bonds is 8. The average molecular weight is 332 g/mol. The van der Waals surface area contributed by atoms with Crippen molar-refractivity contribution in [3.8, 4) is 6.07 Å². The molecule has 0 saturated heterocycles. The van der Waals surface area contributed by atoms with Gasteiger partial charge in [-0.25, -0.2) is 0 Å². The van der Waals surface area contributed by atoms with Crippen LogP contribution in [-0.2, 0) is 0 Å². The SMILES string of the molecule is CCC1CCC2C(CC(C)(C)CCC(C)(C)C(C)CC#N)CCC12. The molecule has 1 nitrogen and oxygen atoms in total. The predicted molar refractivity (Wildman–Crippen MR) is 104 cm³/mol. The molecule has 0 amide bonds. The van der Waals surface area contributed by atoms with Gasteiger partial charge in [-0.15, -0.1) is 0 Å². The summed E-state index contributed by atoms with van der Waals surface area (Å²) in [6, 6.07) is 2.36. The Balaban J connectivity index is 1.87. The molecule has 24 heavy (non-hydrogen) atoms. The zero-order valence-electron chi connectivity index (χ0n) is 17.2. The predicted octanol–water partition coefficient (Wildman–Crippen LogP) is 7.22. The molecule has 0 heterocycles. The second-order valence-electron chi connectivity index (χ2n) is 10.5. The van der Waals surface area contributed by atoms with E-state index in [4.69, 9.17) is 5.26 Å². The van der Waals surface area contributed by atoms with Crippen LogP contribution in [0.2, 0.25) is 0 Å². The second-order valence-corrected chi connectivity index (χ2v) is 10.5. The fourth-order valence-corrected chi connectivity index (χ4v) is 5.73. The summed E-state index contributed by atoms with van der Waals surface area (Å²) in [5.41, 5.74) is 0.735. The maximum atomic E-state index is 9.00. The van der Waals surface area contributed by atoms with Crippen molar-refractivity contribution in [1.29, 1.82) is 5.26 Å². The van der Waals surface area contributed by atoms with E-state index in [1.165, 1.54) is 51.4 Å². The highest BCUT2D eigenvalue weighted by Gasteiger charge is 2.45. The Labute approximate surface area is 151 Å². The first kappa shape index (κ1) is 19.8. The lowest BCUT2D eigenvalue weighted by molar-refractivity contribution is 0.144. The number of hydrogen-bond acceptors (Lipinski definition) is 1. The van der Waals surface area contributed by atoms with E-state index in [1.807, 2.05) is 0 Å². The molecule has 0 aromatic heterocycles. The van der Waals surface area contributed by atoms with E-state index in [-0.39, 0.29) is 5.41 Å². The Morgan fingerprint density at radius 1 is 0.958 bits per heavy atom. The van der Waals surface area contributed by atoms with E-state index >= 15 is 0 Å². The molecule has 0 aliphatic heterocycles. The molecule has 0 bridgehead atoms. The van der Waals surface area contributed by atoms with Crippen LogP contribution in [0.3, 0.4) is 0 Å². The van der Waals surface area contributed by atoms with E-state index in [9.17, 15) is 0 Å². The van der Waals surface area contributed by atoms with Gasteiger partial charge in [-0.1, -0.05) is 48.0 Å². The van der Waals surface area contributed by atoms with Crippen molar-refractivity contribution in [2.24, 2.45) is 40.4 Å². The van der Waals surface area contributed by atoms with Gasteiger partial charge in [0.2, 0.25) is 0 Å². The first-order valence-corrected chi connectivity index (χ1v) is 10.6. The minimum atomic E-state index is 0.284. The molecule has 1 heteroatoms. The topological polar surface area (TPSA) is 23.8 Å². The van der Waals surface area contributed by atoms with Crippen LogP contribution in [0.5, 0.6) is 0 Å². The number of fused-ring (bicyclic) bond motifs is 1. The van der Waals surface area contributed by atoms with E-state index in [1.54, 1.807) is 0 Å². The molecule has 2 aliphatic carbocycles. The lowest BCUT2D eigenvalue weighted by Gasteiger charge is -2.36. The highest BCUT2D eigenvalue weighted by atomic mass is 14.5. The third kappa shape index (κ3) is 4.56. The van der Waals surface area contributed by atoms with Crippen LogP contribution in [0.25, 0.3) is 0 Å². The molecular weight excluding hydrogens is 290 g/mol. The average Bonchev–Trinajstić information content (AvgIpc) is 3.08. The summed E-state index contributed by atoms with van der Waals surface area (Å²) in [5, 5.41) is 9.00. The first-order chi connectivity index (χ1) is 11.2. The lowest BCUT2D eigenvalue weighted by Crippen LogP contribution is -2.26. The van der Waals surface area contributed by atoms with Gasteiger partial charge in [-0.2, -0.15) is 5.26 Å². The van der Waals surface area contributed by atoms with Gasteiger partial charge in [0.25, 0.3) is 0 Å². The summed E-state index contributed by atoms with van der Waals surface area (Å²) in [6.45, 7) is 14.4. The Kier molecular flexibility index (Phi) is 6.44. The maximum absolute atomic E-state index is 9.00. The maximum Gasteiger partial charge on any atom is 0.0624 e. The first-order valence-electron chi connectivity index (χ1n) is 10.6. The molecule has 5 unspecified atom stereocenters. The molecule has 2 saturated carbocycles. The quantitative estimate of drug-likeness (QED) is 0.460. The highest BCUT2D eigenvalue weighted by molar-refractivity contribution is 4.95. The normalized spacial score (nSPS) is 31.7. The van der Waals surface area contributed by atoms with Gasteiger partial charge in [-0.3, -0.25) is 0 Å². The third-order valence-corrected chi connectivity index (χ3v) is 8.02. The summed E-state index contributed by atoms with van der Waals surface area (Å²) >= 11 is 0. The zero-order chi connectivity index (χ0) is 18.0. The van der Waals surface area contributed by atoms with Crippen LogP contribution in [-0.4, -0.2) is 0 Å². The smallest absolute Gasteiger partial charge is 0.0624 e. The van der Waals surface area contributed by atoms with E-state index < -0.39 is 0 Å². The third-order valence-electron chi connectivity index (χ3n) is 8.02. The Morgan fingerprint density at radius 3 is 2.12 bits per heavy atom. The summed E-state index contributed by atoms with van der Waals surface area (Å²) in [7, 11) is 0. The number of hydrogen-bond donors (Lipinski definition) is 0. The molecule has 0 spiro atoms. The molecule has 5 atom stereocenters. The van der Waals surface area contributed by atoms with Crippen LogP contribution in [0, 0.1) is 51.8 Å². The van der Waals surface area contributed by atoms with Crippen molar-refractivity contribution >= 4 is 0 Å². The van der Waals surface area contributed by atoms with Gasteiger partial charge >= 0.3 is 0 Å². The minimum Gasteiger partial charge on any atom is -0.198 e. The molecule has 2 aliphatic rings. The Morgan fingerprint density at radius 2 is 1.54 bits per heavy atom. The summed E-state index contributed by atoms with van der Waals surface area (Å²) in [4.78, 5) is 0. The van der Waals surface area contributed by atoms with E-state index in [2.05, 4.69) is 47.6 Å². The molecule has 0 N–H and O–H groups in total. The standard InChI is InChI=1S/C23H41N/c1-7-18-8-10-21-19(9-11-20(18)21)16-22(3,4)13-14-23(5,6)17(2)12-15-24/h17-21H,7-14,16H2,1-6H3. The van der Waals surface area contributed by atoms with Crippen molar-refractivity contribution < 1.29 is 0 Å². The molecule has 138 valence electrons. The fraction of sp³-hybridized carbons (Fsp3) is 0.957. The molecule has 0 radical (unpaired) electrons. The van der Waals surface area contributed by atoms with Crippen LogP contribution in [0.4, 0.5) is 0 Å². The fourth-order valence-electron chi connectivity index (χ4n) is 5.73. The van der Waals surface area contributed by atoms with Gasteiger partial charge < -0.3 is 0 Å². The van der Waals surface area contributed by atoms with E-state index in [0.717, 1.165) is 23.7 Å². The van der Waals surface area contributed by atoms with Gasteiger partial charge in [0.15, 0.2) is 0 Å². The van der Waals surface area contributed by atoms with Crippen molar-refractivity contribution in [3.05, 3.63) is 0 Å². The molecule has 2 fully saturated rings. The van der Waals surface area contributed by atoms with Gasteiger partial charge in [0.1, 0.15) is 0 Å². The van der Waals surface area contributed by atoms with Crippen LogP contribution in [0.15, 0.2) is 0 Å². The second kappa shape index (κ2) is 7.80. The lowest BCUT2D eigenvalue weighted by atomic mass is 9.69. The van der Waals surface area contributed by atoms with Crippen molar-refractivity contribution in [2.75, 3.05) is 0 Å². The largest absolute Gasteiger partial charge is 0.198 e. The summed E-state index contributed by atoms with van der Waals surface area (Å²) in [6.07, 6.45) is 12.1. The van der Waals surface area contributed by atoms with Crippen molar-refractivity contribution in [2.45, 2.75) is 99.3 Å². The van der Waals surface area contributed by atoms with Gasteiger partial charge in [0.05, 0.1) is 6.07 Å². The van der Waals surface area contributed by atoms with Crippen LogP contribution < -0.4 is 0 Å². The van der Waals surface area contributed by atoms with Crippen LogP contribution in [0.1, 0.15) is 99.3 Å². The summed E-state index contributed by atoms with van der Waals surface area (Å²) in [5.74, 6) is 4.62. The molecule has 0 aromatic rings. The number of nitrogens with zero attached hydrogens (tertiary/aromatic N) is 1. The zero-order valence-corrected chi connectivity index (χ0v) is 17.2. The van der Waals surface area contributed by atoms with Crippen molar-refractivity contribution in [1.82, 2.24) is 0 Å². The molecule has 0 aromatic carbocycles. The van der Waals surface area contributed by atoms with Gasteiger partial charge in [-0.05, 0) is 85.4 Å². The summed E-state index contributed by atoms with van der Waals surface area (Å²) < 4.78 is 0. The molecular formula is C23H41N. The Hall–Kier alpha value is -0.510. The molecule has 2 rings (SSSR count).